The molecule has 0 N–H and O–H groups in total. The minimum atomic E-state index is 0.0508. The number of hydrogen-bond acceptors (Lipinski definition) is 5. The number of pyridine rings is 1. The second-order valence-electron chi connectivity index (χ2n) is 7.90. The fourth-order valence-electron chi connectivity index (χ4n) is 3.97. The molecular weight excluding hydrogens is 340 g/mol. The van der Waals surface area contributed by atoms with Crippen LogP contribution in [0, 0.1) is 0 Å². The smallest absolute Gasteiger partial charge is 0.250 e. The average Bonchev–Trinajstić information content (AvgIpc) is 3.45. The lowest BCUT2D eigenvalue weighted by atomic mass is 9.96. The first kappa shape index (κ1) is 16.6. The summed E-state index contributed by atoms with van der Waals surface area (Å²) in [6.07, 6.45) is 6.42. The van der Waals surface area contributed by atoms with E-state index in [1.165, 1.54) is 18.5 Å². The Kier molecular flexibility index (Phi) is 4.04. The molecule has 0 bridgehead atoms. The van der Waals surface area contributed by atoms with E-state index in [2.05, 4.69) is 21.2 Å². The molecule has 2 fully saturated rings. The molecule has 5 rings (SSSR count). The van der Waals surface area contributed by atoms with Gasteiger partial charge in [-0.3, -0.25) is 9.69 Å². The maximum absolute atomic E-state index is 11.8. The Morgan fingerprint density at radius 1 is 1.04 bits per heavy atom. The highest BCUT2D eigenvalue weighted by Crippen LogP contribution is 2.39. The lowest BCUT2D eigenvalue weighted by molar-refractivity contribution is 0.200. The standard InChI is InChI=1S/C20H24N6O/c1-24-9-6-14(12-19(24)27)13-25-10-7-16(8-11-25)20-22-21-18-5-4-17(15-2-3-15)23-26(18)20/h4-6,9,12,15-16H,2-3,7-8,10-11,13H2,1H3. The average molecular weight is 364 g/mol. The topological polar surface area (TPSA) is 68.3 Å². The van der Waals surface area contributed by atoms with Crippen LogP contribution in [-0.2, 0) is 13.6 Å². The van der Waals surface area contributed by atoms with Gasteiger partial charge in [-0.25, -0.2) is 0 Å². The number of likely N-dealkylation sites (tertiary alicyclic amines) is 1. The number of rotatable bonds is 4. The van der Waals surface area contributed by atoms with Gasteiger partial charge in [-0.15, -0.1) is 10.2 Å². The van der Waals surface area contributed by atoms with Crippen molar-refractivity contribution >= 4 is 5.65 Å². The van der Waals surface area contributed by atoms with Crippen LogP contribution in [0.2, 0.25) is 0 Å². The highest BCUT2D eigenvalue weighted by atomic mass is 16.1. The molecule has 140 valence electrons. The van der Waals surface area contributed by atoms with Gasteiger partial charge in [0, 0.05) is 37.7 Å². The molecule has 3 aromatic heterocycles. The molecule has 1 saturated heterocycles. The zero-order valence-electron chi connectivity index (χ0n) is 15.6. The summed E-state index contributed by atoms with van der Waals surface area (Å²) in [5, 5.41) is 13.6. The zero-order valence-corrected chi connectivity index (χ0v) is 15.6. The van der Waals surface area contributed by atoms with Crippen LogP contribution in [0.3, 0.4) is 0 Å². The molecule has 1 saturated carbocycles. The van der Waals surface area contributed by atoms with Crippen LogP contribution < -0.4 is 5.56 Å². The summed E-state index contributed by atoms with van der Waals surface area (Å²) in [6, 6.07) is 7.91. The molecule has 7 heteroatoms. The van der Waals surface area contributed by atoms with Crippen LogP contribution in [-0.4, -0.2) is 42.4 Å². The number of aromatic nitrogens is 5. The summed E-state index contributed by atoms with van der Waals surface area (Å²) in [5.74, 6) is 2.02. The molecule has 0 unspecified atom stereocenters. The third-order valence-electron chi connectivity index (χ3n) is 5.83. The Morgan fingerprint density at radius 3 is 2.59 bits per heavy atom. The van der Waals surface area contributed by atoms with Crippen molar-refractivity contribution in [3.8, 4) is 0 Å². The first-order chi connectivity index (χ1) is 13.2. The van der Waals surface area contributed by atoms with Gasteiger partial charge >= 0.3 is 0 Å². The number of piperidine rings is 1. The molecule has 0 spiro atoms. The molecule has 27 heavy (non-hydrogen) atoms. The first-order valence-electron chi connectivity index (χ1n) is 9.77. The molecule has 0 radical (unpaired) electrons. The fraction of sp³-hybridized carbons (Fsp3) is 0.500. The summed E-state index contributed by atoms with van der Waals surface area (Å²) in [5.41, 5.74) is 3.15. The van der Waals surface area contributed by atoms with E-state index in [0.717, 1.165) is 49.5 Å². The SMILES string of the molecule is Cn1ccc(CN2CCC(c3nnc4ccc(C5CC5)nn34)CC2)cc1=O. The number of hydrogen-bond donors (Lipinski definition) is 0. The monoisotopic (exact) mass is 364 g/mol. The summed E-state index contributed by atoms with van der Waals surface area (Å²) < 4.78 is 3.57. The maximum atomic E-state index is 11.8. The van der Waals surface area contributed by atoms with Crippen LogP contribution in [0.5, 0.6) is 0 Å². The van der Waals surface area contributed by atoms with Gasteiger partial charge < -0.3 is 4.57 Å². The molecule has 7 nitrogen and oxygen atoms in total. The zero-order chi connectivity index (χ0) is 18.4. The van der Waals surface area contributed by atoms with E-state index in [4.69, 9.17) is 5.10 Å². The molecule has 4 heterocycles. The van der Waals surface area contributed by atoms with E-state index in [1.807, 2.05) is 22.8 Å². The normalized spacial score (nSPS) is 19.0. The van der Waals surface area contributed by atoms with Gasteiger partial charge in [-0.2, -0.15) is 9.61 Å². The summed E-state index contributed by atoms with van der Waals surface area (Å²) in [4.78, 5) is 14.2. The molecule has 0 atom stereocenters. The van der Waals surface area contributed by atoms with Gasteiger partial charge in [0.2, 0.25) is 0 Å². The molecular formula is C20H24N6O. The molecule has 0 amide bonds. The largest absolute Gasteiger partial charge is 0.319 e. The van der Waals surface area contributed by atoms with Crippen molar-refractivity contribution in [2.45, 2.75) is 44.1 Å². The highest BCUT2D eigenvalue weighted by Gasteiger charge is 2.28. The van der Waals surface area contributed by atoms with E-state index in [1.54, 1.807) is 17.7 Å². The number of nitrogens with zero attached hydrogens (tertiary/aromatic N) is 6. The van der Waals surface area contributed by atoms with Crippen LogP contribution in [0.15, 0.2) is 35.3 Å². The predicted molar refractivity (Wildman–Crippen MR) is 102 cm³/mol. The molecule has 3 aromatic rings. The fourth-order valence-corrected chi connectivity index (χ4v) is 3.97. The summed E-state index contributed by atoms with van der Waals surface area (Å²) >= 11 is 0. The predicted octanol–water partition coefficient (Wildman–Crippen LogP) is 2.08. The van der Waals surface area contributed by atoms with Gasteiger partial charge in [-0.1, -0.05) is 0 Å². The molecule has 1 aliphatic carbocycles. The van der Waals surface area contributed by atoms with Crippen molar-refractivity contribution in [1.82, 2.24) is 29.3 Å². The maximum Gasteiger partial charge on any atom is 0.250 e. The summed E-state index contributed by atoms with van der Waals surface area (Å²) in [7, 11) is 1.78. The molecule has 1 aliphatic heterocycles. The van der Waals surface area contributed by atoms with Crippen molar-refractivity contribution in [2.24, 2.45) is 7.05 Å². The second-order valence-corrected chi connectivity index (χ2v) is 7.90. The van der Waals surface area contributed by atoms with Gasteiger partial charge in [0.25, 0.3) is 5.56 Å². The van der Waals surface area contributed by atoms with Crippen molar-refractivity contribution in [3.63, 3.8) is 0 Å². The first-order valence-corrected chi connectivity index (χ1v) is 9.77. The van der Waals surface area contributed by atoms with Crippen molar-refractivity contribution in [1.29, 1.82) is 0 Å². The van der Waals surface area contributed by atoms with E-state index in [9.17, 15) is 4.79 Å². The Labute approximate surface area is 157 Å². The van der Waals surface area contributed by atoms with Crippen molar-refractivity contribution in [2.75, 3.05) is 13.1 Å². The number of fused-ring (bicyclic) bond motifs is 1. The summed E-state index contributed by atoms with van der Waals surface area (Å²) in [6.45, 7) is 2.82. The van der Waals surface area contributed by atoms with E-state index >= 15 is 0 Å². The third-order valence-corrected chi connectivity index (χ3v) is 5.83. The van der Waals surface area contributed by atoms with Crippen molar-refractivity contribution in [3.05, 3.63) is 57.9 Å². The third kappa shape index (κ3) is 3.27. The van der Waals surface area contributed by atoms with Gasteiger partial charge in [0.05, 0.1) is 5.69 Å². The lowest BCUT2D eigenvalue weighted by Crippen LogP contribution is -2.33. The van der Waals surface area contributed by atoms with Crippen LogP contribution >= 0.6 is 0 Å². The van der Waals surface area contributed by atoms with Gasteiger partial charge in [-0.05, 0) is 62.5 Å². The second kappa shape index (κ2) is 6.56. The van der Waals surface area contributed by atoms with Crippen LogP contribution in [0.4, 0.5) is 0 Å². The quantitative estimate of drug-likeness (QED) is 0.709. The van der Waals surface area contributed by atoms with Gasteiger partial charge in [0.1, 0.15) is 0 Å². The Bertz CT molecular complexity index is 1030. The van der Waals surface area contributed by atoms with Gasteiger partial charge in [0.15, 0.2) is 11.5 Å². The Balaban J connectivity index is 1.29. The van der Waals surface area contributed by atoms with Crippen molar-refractivity contribution < 1.29 is 0 Å². The molecule has 2 aliphatic rings. The van der Waals surface area contributed by atoms with E-state index < -0.39 is 0 Å². The Hall–Kier alpha value is -2.54. The lowest BCUT2D eigenvalue weighted by Gasteiger charge is -2.31. The molecule has 0 aromatic carbocycles. The van der Waals surface area contributed by atoms with E-state index in [-0.39, 0.29) is 5.56 Å². The minimum absolute atomic E-state index is 0.0508. The van der Waals surface area contributed by atoms with Crippen LogP contribution in [0.1, 0.15) is 54.6 Å². The van der Waals surface area contributed by atoms with E-state index in [0.29, 0.717) is 11.8 Å². The highest BCUT2D eigenvalue weighted by molar-refractivity contribution is 5.38. The number of aryl methyl sites for hydroxylation is 1. The Morgan fingerprint density at radius 2 is 1.85 bits per heavy atom. The minimum Gasteiger partial charge on any atom is -0.319 e. The van der Waals surface area contributed by atoms with Crippen LogP contribution in [0.25, 0.3) is 5.65 Å².